The van der Waals surface area contributed by atoms with Gasteiger partial charge in [0.2, 0.25) is 5.78 Å². The third-order valence-corrected chi connectivity index (χ3v) is 7.57. The molecule has 0 fully saturated rings. The Bertz CT molecular complexity index is 1690. The lowest BCUT2D eigenvalue weighted by Gasteiger charge is -2.24. The Labute approximate surface area is 217 Å². The van der Waals surface area contributed by atoms with Gasteiger partial charge >= 0.3 is 0 Å². The minimum absolute atomic E-state index is 0.0430. The highest BCUT2D eigenvalue weighted by Gasteiger charge is 2.46. The van der Waals surface area contributed by atoms with E-state index < -0.39 is 23.5 Å². The van der Waals surface area contributed by atoms with Crippen LogP contribution >= 0.6 is 27.3 Å². The molecule has 6 rings (SSSR count). The number of rotatable bonds is 5. The monoisotopic (exact) mass is 560 g/mol. The number of fused-ring (bicyclic) bond motifs is 2. The second kappa shape index (κ2) is 8.61. The lowest BCUT2D eigenvalue weighted by atomic mass is 9.95. The maximum atomic E-state index is 13.7. The molecule has 36 heavy (non-hydrogen) atoms. The molecule has 3 heterocycles. The van der Waals surface area contributed by atoms with Crippen molar-refractivity contribution in [3.05, 3.63) is 99.9 Å². The summed E-state index contributed by atoms with van der Waals surface area (Å²) in [7, 11) is 1.58. The molecule has 0 bridgehead atoms. The van der Waals surface area contributed by atoms with Crippen molar-refractivity contribution in [2.24, 2.45) is 0 Å². The Kier molecular flexibility index (Phi) is 5.39. The summed E-state index contributed by atoms with van der Waals surface area (Å²) in [5.41, 5.74) is 1.79. The maximum absolute atomic E-state index is 13.7. The van der Waals surface area contributed by atoms with E-state index >= 15 is 0 Å². The zero-order chi connectivity index (χ0) is 25.0. The summed E-state index contributed by atoms with van der Waals surface area (Å²) in [4.78, 5) is 33.2. The molecule has 1 amide bonds. The molecule has 3 aromatic carbocycles. The van der Waals surface area contributed by atoms with Gasteiger partial charge in [0.25, 0.3) is 5.91 Å². The molecule has 0 saturated carbocycles. The topological polar surface area (TPSA) is 92.9 Å². The molecule has 1 N–H and O–H groups in total. The number of aromatic nitrogens is 1. The van der Waals surface area contributed by atoms with Crippen LogP contribution in [0, 0.1) is 0 Å². The smallest absolute Gasteiger partial charge is 0.296 e. The lowest BCUT2D eigenvalue weighted by Crippen LogP contribution is -2.30. The van der Waals surface area contributed by atoms with Gasteiger partial charge in [0.05, 0.1) is 28.9 Å². The number of carbonyl (C=O) groups excluding carboxylic acids is 2. The molecule has 1 aliphatic rings. The summed E-state index contributed by atoms with van der Waals surface area (Å²) in [6.07, 6.45) is 0. The fourth-order valence-electron chi connectivity index (χ4n) is 4.38. The number of carbonyl (C=O) groups is 2. The minimum atomic E-state index is -0.904. The Morgan fingerprint density at radius 1 is 1.11 bits per heavy atom. The highest BCUT2D eigenvalue weighted by atomic mass is 79.9. The molecule has 0 spiro atoms. The van der Waals surface area contributed by atoms with E-state index in [1.807, 2.05) is 42.5 Å². The average Bonchev–Trinajstić information content (AvgIpc) is 3.57. The molecule has 1 aliphatic heterocycles. The van der Waals surface area contributed by atoms with Crippen LogP contribution in [0.2, 0.25) is 0 Å². The number of aliphatic hydroxyl groups excluding tert-OH is 1. The largest absolute Gasteiger partial charge is 0.503 e. The SMILES string of the molecule is COc1ccc2nc(N3C(=O)C(O)=C(C(=O)c4cc5ccccc5o4)C3c3cccc(Br)c3)sc2c1. The standard InChI is InChI=1S/C27H17BrN2O5S/c1-34-17-9-10-18-21(13-17)36-27(29-18)30-23(15-6-4-7-16(28)11-15)22(25(32)26(30)33)24(31)20-12-14-5-2-3-8-19(14)35-20/h2-13,23,32H,1H3. The fraction of sp³-hybridized carbons (Fsp3) is 0.0741. The zero-order valence-electron chi connectivity index (χ0n) is 18.8. The molecule has 9 heteroatoms. The molecule has 2 aromatic heterocycles. The van der Waals surface area contributed by atoms with Crippen molar-refractivity contribution in [1.29, 1.82) is 0 Å². The van der Waals surface area contributed by atoms with Gasteiger partial charge in [-0.1, -0.05) is 57.6 Å². The van der Waals surface area contributed by atoms with E-state index in [4.69, 9.17) is 9.15 Å². The second-order valence-corrected chi connectivity index (χ2v) is 10.1. The van der Waals surface area contributed by atoms with Crippen LogP contribution in [0.3, 0.4) is 0 Å². The summed E-state index contributed by atoms with van der Waals surface area (Å²) in [6.45, 7) is 0. The summed E-state index contributed by atoms with van der Waals surface area (Å²) in [5.74, 6) is -1.18. The van der Waals surface area contributed by atoms with E-state index in [1.165, 1.54) is 16.2 Å². The van der Waals surface area contributed by atoms with E-state index in [2.05, 4.69) is 20.9 Å². The second-order valence-electron chi connectivity index (χ2n) is 8.20. The van der Waals surface area contributed by atoms with E-state index in [-0.39, 0.29) is 11.3 Å². The number of hydrogen-bond donors (Lipinski definition) is 1. The van der Waals surface area contributed by atoms with Gasteiger partial charge < -0.3 is 14.3 Å². The van der Waals surface area contributed by atoms with Gasteiger partial charge in [-0.25, -0.2) is 4.98 Å². The molecule has 0 aliphatic carbocycles. The number of thiazole rings is 1. The van der Waals surface area contributed by atoms with Crippen LogP contribution in [-0.4, -0.2) is 28.9 Å². The molecule has 1 unspecified atom stereocenters. The number of amides is 1. The van der Waals surface area contributed by atoms with Gasteiger partial charge in [0.15, 0.2) is 16.7 Å². The number of halogens is 1. The van der Waals surface area contributed by atoms with Crippen molar-refractivity contribution in [2.75, 3.05) is 12.0 Å². The molecule has 7 nitrogen and oxygen atoms in total. The van der Waals surface area contributed by atoms with E-state index in [0.717, 1.165) is 14.6 Å². The van der Waals surface area contributed by atoms with Crippen molar-refractivity contribution in [1.82, 2.24) is 4.98 Å². The first kappa shape index (κ1) is 22.5. The number of furan rings is 1. The van der Waals surface area contributed by atoms with Crippen molar-refractivity contribution in [2.45, 2.75) is 6.04 Å². The maximum Gasteiger partial charge on any atom is 0.296 e. The summed E-state index contributed by atoms with van der Waals surface area (Å²) in [5, 5.41) is 12.1. The average molecular weight is 561 g/mol. The number of Topliss-reactive ketones (excluding diaryl/α,β-unsaturated/α-hetero) is 1. The number of ether oxygens (including phenoxy) is 1. The van der Waals surface area contributed by atoms with Crippen LogP contribution in [0.25, 0.3) is 21.2 Å². The van der Waals surface area contributed by atoms with Crippen LogP contribution in [0.15, 0.2) is 93.0 Å². The molecule has 5 aromatic rings. The van der Waals surface area contributed by atoms with Crippen molar-refractivity contribution in [3.8, 4) is 5.75 Å². The highest BCUT2D eigenvalue weighted by molar-refractivity contribution is 9.10. The van der Waals surface area contributed by atoms with Crippen molar-refractivity contribution >= 4 is 65.3 Å². The summed E-state index contributed by atoms with van der Waals surface area (Å²) < 4.78 is 12.7. The highest BCUT2D eigenvalue weighted by Crippen LogP contribution is 2.45. The summed E-state index contributed by atoms with van der Waals surface area (Å²) >= 11 is 4.75. The number of anilines is 1. The van der Waals surface area contributed by atoms with Gasteiger partial charge in [-0.2, -0.15) is 0 Å². The molecule has 0 radical (unpaired) electrons. The number of ketones is 1. The first-order chi connectivity index (χ1) is 17.4. The van der Waals surface area contributed by atoms with Gasteiger partial charge in [-0.15, -0.1) is 0 Å². The van der Waals surface area contributed by atoms with Gasteiger partial charge in [0.1, 0.15) is 11.3 Å². The van der Waals surface area contributed by atoms with Crippen LogP contribution in [0.5, 0.6) is 5.75 Å². The Hall–Kier alpha value is -3.95. The Balaban J connectivity index is 1.51. The lowest BCUT2D eigenvalue weighted by molar-refractivity contribution is -0.117. The molecule has 178 valence electrons. The minimum Gasteiger partial charge on any atom is -0.503 e. The van der Waals surface area contributed by atoms with E-state index in [0.29, 0.717) is 27.5 Å². The predicted molar refractivity (Wildman–Crippen MR) is 141 cm³/mol. The summed E-state index contributed by atoms with van der Waals surface area (Å²) in [6, 6.07) is 20.6. The van der Waals surface area contributed by atoms with E-state index in [9.17, 15) is 14.7 Å². The number of methoxy groups -OCH3 is 1. The van der Waals surface area contributed by atoms with E-state index in [1.54, 1.807) is 37.4 Å². The fourth-order valence-corrected chi connectivity index (χ4v) is 5.81. The van der Waals surface area contributed by atoms with Gasteiger partial charge in [-0.3, -0.25) is 14.5 Å². The van der Waals surface area contributed by atoms with Crippen molar-refractivity contribution < 1.29 is 23.8 Å². The first-order valence-corrected chi connectivity index (χ1v) is 12.6. The van der Waals surface area contributed by atoms with Crippen LogP contribution in [-0.2, 0) is 4.79 Å². The Morgan fingerprint density at radius 2 is 1.94 bits per heavy atom. The third-order valence-electron chi connectivity index (χ3n) is 6.06. The zero-order valence-corrected chi connectivity index (χ0v) is 21.2. The molecule has 1 atom stereocenters. The molecular formula is C27H17BrN2O5S. The van der Waals surface area contributed by atoms with Crippen molar-refractivity contribution in [3.63, 3.8) is 0 Å². The first-order valence-electron chi connectivity index (χ1n) is 10.9. The molecule has 0 saturated heterocycles. The number of hydrogen-bond acceptors (Lipinski definition) is 7. The van der Waals surface area contributed by atoms with Gasteiger partial charge in [0, 0.05) is 9.86 Å². The number of para-hydroxylation sites is 1. The number of aliphatic hydroxyl groups is 1. The van der Waals surface area contributed by atoms with Crippen LogP contribution in [0.4, 0.5) is 5.13 Å². The number of nitrogens with zero attached hydrogens (tertiary/aromatic N) is 2. The quantitative estimate of drug-likeness (QED) is 0.243. The van der Waals surface area contributed by atoms with Crippen LogP contribution < -0.4 is 9.64 Å². The van der Waals surface area contributed by atoms with Crippen LogP contribution in [0.1, 0.15) is 22.2 Å². The Morgan fingerprint density at radius 3 is 2.72 bits per heavy atom. The number of benzene rings is 3. The third kappa shape index (κ3) is 3.59. The predicted octanol–water partition coefficient (Wildman–Crippen LogP) is 6.60. The molecular weight excluding hydrogens is 544 g/mol. The van der Waals surface area contributed by atoms with Gasteiger partial charge in [-0.05, 0) is 48.0 Å². The normalized spacial score (nSPS) is 15.9.